The molecule has 6 nitrogen and oxygen atoms in total. The summed E-state index contributed by atoms with van der Waals surface area (Å²) in [5.41, 5.74) is -0.303. The van der Waals surface area contributed by atoms with Crippen LogP contribution in [-0.4, -0.2) is 23.3 Å². The number of nitrogens with one attached hydrogen (secondary N) is 2. The summed E-state index contributed by atoms with van der Waals surface area (Å²) in [6, 6.07) is 7.80. The van der Waals surface area contributed by atoms with Crippen LogP contribution in [0.4, 0.5) is 13.2 Å². The number of rotatable bonds is 5. The highest BCUT2D eigenvalue weighted by Gasteiger charge is 2.30. The first kappa shape index (κ1) is 19.7. The Kier molecular flexibility index (Phi) is 5.81. The molecule has 2 N–H and O–H groups in total. The Bertz CT molecular complexity index is 861. The lowest BCUT2D eigenvalue weighted by Gasteiger charge is -2.21. The SMILES string of the molecule is O=C1CCC(C(=O)NCc2cccnc2Oc2cccc(C(F)(F)F)c2)CN1. The number of pyridine rings is 1. The van der Waals surface area contributed by atoms with Gasteiger partial charge in [-0.3, -0.25) is 9.59 Å². The molecule has 3 rings (SSSR count). The number of piperidine rings is 1. The summed E-state index contributed by atoms with van der Waals surface area (Å²) in [4.78, 5) is 27.5. The quantitative estimate of drug-likeness (QED) is 0.818. The number of aromatic nitrogens is 1. The van der Waals surface area contributed by atoms with Crippen LogP contribution in [0.3, 0.4) is 0 Å². The van der Waals surface area contributed by atoms with Crippen molar-refractivity contribution in [2.75, 3.05) is 6.54 Å². The number of benzene rings is 1. The van der Waals surface area contributed by atoms with E-state index >= 15 is 0 Å². The fourth-order valence-corrected chi connectivity index (χ4v) is 2.78. The molecule has 28 heavy (non-hydrogen) atoms. The van der Waals surface area contributed by atoms with E-state index in [4.69, 9.17) is 4.74 Å². The van der Waals surface area contributed by atoms with Crippen molar-refractivity contribution in [3.8, 4) is 11.6 Å². The van der Waals surface area contributed by atoms with Crippen LogP contribution in [0.15, 0.2) is 42.6 Å². The van der Waals surface area contributed by atoms with Gasteiger partial charge in [0.25, 0.3) is 0 Å². The number of hydrogen-bond donors (Lipinski definition) is 2. The molecule has 0 spiro atoms. The zero-order chi connectivity index (χ0) is 20.1. The lowest BCUT2D eigenvalue weighted by Crippen LogP contribution is -2.42. The molecule has 2 aromatic rings. The highest BCUT2D eigenvalue weighted by molar-refractivity contribution is 5.83. The number of amides is 2. The zero-order valence-corrected chi connectivity index (χ0v) is 14.8. The van der Waals surface area contributed by atoms with Gasteiger partial charge < -0.3 is 15.4 Å². The van der Waals surface area contributed by atoms with Crippen molar-refractivity contribution < 1.29 is 27.5 Å². The van der Waals surface area contributed by atoms with Crippen LogP contribution < -0.4 is 15.4 Å². The molecule has 0 bridgehead atoms. The molecule has 1 aliphatic heterocycles. The van der Waals surface area contributed by atoms with E-state index < -0.39 is 11.7 Å². The number of hydrogen-bond acceptors (Lipinski definition) is 4. The predicted molar refractivity (Wildman–Crippen MR) is 93.3 cm³/mol. The summed E-state index contributed by atoms with van der Waals surface area (Å²) >= 11 is 0. The Hall–Kier alpha value is -3.10. The molecule has 2 amide bonds. The Balaban J connectivity index is 1.66. The van der Waals surface area contributed by atoms with Crippen molar-refractivity contribution >= 4 is 11.8 Å². The Morgan fingerprint density at radius 2 is 2.11 bits per heavy atom. The molecule has 1 aliphatic rings. The second-order valence-electron chi connectivity index (χ2n) is 6.35. The number of carbonyl (C=O) groups is 2. The second kappa shape index (κ2) is 8.28. The number of carbonyl (C=O) groups excluding carboxylic acids is 2. The van der Waals surface area contributed by atoms with E-state index in [1.165, 1.54) is 18.3 Å². The summed E-state index contributed by atoms with van der Waals surface area (Å²) in [6.45, 7) is 0.386. The van der Waals surface area contributed by atoms with E-state index in [1.807, 2.05) is 0 Å². The van der Waals surface area contributed by atoms with Gasteiger partial charge in [-0.15, -0.1) is 0 Å². The molecule has 0 saturated carbocycles. The summed E-state index contributed by atoms with van der Waals surface area (Å²) < 4.78 is 44.1. The van der Waals surface area contributed by atoms with Crippen LogP contribution in [-0.2, 0) is 22.3 Å². The molecular formula is C19H18F3N3O3. The van der Waals surface area contributed by atoms with E-state index in [0.29, 0.717) is 18.4 Å². The predicted octanol–water partition coefficient (Wildman–Crippen LogP) is 3.04. The van der Waals surface area contributed by atoms with E-state index in [1.54, 1.807) is 12.1 Å². The molecule has 1 aromatic heterocycles. The lowest BCUT2D eigenvalue weighted by atomic mass is 9.98. The average Bonchev–Trinajstić information content (AvgIpc) is 2.67. The van der Waals surface area contributed by atoms with E-state index in [9.17, 15) is 22.8 Å². The monoisotopic (exact) mass is 393 g/mol. The Morgan fingerprint density at radius 3 is 2.82 bits per heavy atom. The van der Waals surface area contributed by atoms with Gasteiger partial charge >= 0.3 is 6.18 Å². The van der Waals surface area contributed by atoms with Gasteiger partial charge in [0.1, 0.15) is 5.75 Å². The number of ether oxygens (including phenoxy) is 1. The molecule has 148 valence electrons. The number of halogens is 3. The molecule has 1 saturated heterocycles. The van der Waals surface area contributed by atoms with Gasteiger partial charge in [-0.25, -0.2) is 4.98 Å². The summed E-state index contributed by atoms with van der Waals surface area (Å²) in [5, 5.41) is 5.40. The minimum atomic E-state index is -4.48. The van der Waals surface area contributed by atoms with Gasteiger partial charge in [0.05, 0.1) is 11.5 Å². The maximum atomic E-state index is 12.9. The minimum absolute atomic E-state index is 0.00362. The van der Waals surface area contributed by atoms with Crippen molar-refractivity contribution in [3.63, 3.8) is 0 Å². The normalized spacial score (nSPS) is 17.0. The zero-order valence-electron chi connectivity index (χ0n) is 14.8. The molecule has 2 heterocycles. The van der Waals surface area contributed by atoms with Gasteiger partial charge in [0, 0.05) is 31.3 Å². The van der Waals surface area contributed by atoms with Gasteiger partial charge in [-0.05, 0) is 30.7 Å². The molecule has 1 fully saturated rings. The Labute approximate surface area is 159 Å². The van der Waals surface area contributed by atoms with Crippen LogP contribution in [0.2, 0.25) is 0 Å². The van der Waals surface area contributed by atoms with Crippen molar-refractivity contribution in [1.29, 1.82) is 0 Å². The number of nitrogens with zero attached hydrogens (tertiary/aromatic N) is 1. The van der Waals surface area contributed by atoms with Gasteiger partial charge in [0.2, 0.25) is 17.7 Å². The first-order chi connectivity index (χ1) is 13.3. The third-order valence-corrected chi connectivity index (χ3v) is 4.32. The molecule has 1 aromatic carbocycles. The first-order valence-electron chi connectivity index (χ1n) is 8.66. The third kappa shape index (κ3) is 4.99. The van der Waals surface area contributed by atoms with Crippen LogP contribution in [0, 0.1) is 5.92 Å². The van der Waals surface area contributed by atoms with Crippen molar-refractivity contribution in [1.82, 2.24) is 15.6 Å². The van der Waals surface area contributed by atoms with Crippen molar-refractivity contribution in [2.45, 2.75) is 25.6 Å². The minimum Gasteiger partial charge on any atom is -0.439 e. The van der Waals surface area contributed by atoms with Gasteiger partial charge in [0.15, 0.2) is 0 Å². The van der Waals surface area contributed by atoms with Crippen LogP contribution >= 0.6 is 0 Å². The second-order valence-corrected chi connectivity index (χ2v) is 6.35. The smallest absolute Gasteiger partial charge is 0.416 e. The Morgan fingerprint density at radius 1 is 1.29 bits per heavy atom. The summed E-state index contributed by atoms with van der Waals surface area (Å²) in [7, 11) is 0. The first-order valence-corrected chi connectivity index (χ1v) is 8.66. The molecule has 0 aliphatic carbocycles. The topological polar surface area (TPSA) is 80.3 Å². The standard InChI is InChI=1S/C19H18F3N3O3/c20-19(21,22)14-4-1-5-15(9-14)28-18-13(3-2-8-23-18)11-25-17(27)12-6-7-16(26)24-10-12/h1-5,8-9,12H,6-7,10-11H2,(H,24,26)(H,25,27). The van der Waals surface area contributed by atoms with Crippen molar-refractivity contribution in [2.24, 2.45) is 5.92 Å². The summed E-state index contributed by atoms with van der Waals surface area (Å²) in [5.74, 6) is -0.501. The molecule has 9 heteroatoms. The molecule has 0 radical (unpaired) electrons. The van der Waals surface area contributed by atoms with E-state index in [0.717, 1.165) is 12.1 Å². The van der Waals surface area contributed by atoms with Crippen LogP contribution in [0.25, 0.3) is 0 Å². The fraction of sp³-hybridized carbons (Fsp3) is 0.316. The highest BCUT2D eigenvalue weighted by atomic mass is 19.4. The lowest BCUT2D eigenvalue weighted by molar-refractivity contribution is -0.137. The van der Waals surface area contributed by atoms with Gasteiger partial charge in [-0.1, -0.05) is 12.1 Å². The van der Waals surface area contributed by atoms with Crippen LogP contribution in [0.5, 0.6) is 11.6 Å². The van der Waals surface area contributed by atoms with E-state index in [2.05, 4.69) is 15.6 Å². The largest absolute Gasteiger partial charge is 0.439 e. The molecule has 1 atom stereocenters. The maximum Gasteiger partial charge on any atom is 0.416 e. The summed E-state index contributed by atoms with van der Waals surface area (Å²) in [6.07, 6.45) is -2.26. The molecule has 1 unspecified atom stereocenters. The van der Waals surface area contributed by atoms with E-state index in [-0.39, 0.29) is 42.5 Å². The average molecular weight is 393 g/mol. The van der Waals surface area contributed by atoms with Gasteiger partial charge in [-0.2, -0.15) is 13.2 Å². The molecular weight excluding hydrogens is 375 g/mol. The van der Waals surface area contributed by atoms with Crippen LogP contribution in [0.1, 0.15) is 24.0 Å². The van der Waals surface area contributed by atoms with Crippen molar-refractivity contribution in [3.05, 3.63) is 53.7 Å². The highest BCUT2D eigenvalue weighted by Crippen LogP contribution is 2.32. The number of alkyl halides is 3. The fourth-order valence-electron chi connectivity index (χ4n) is 2.78. The third-order valence-electron chi connectivity index (χ3n) is 4.32. The maximum absolute atomic E-state index is 12.9.